The first-order valence-corrected chi connectivity index (χ1v) is 7.12. The van der Waals surface area contributed by atoms with E-state index in [1.54, 1.807) is 6.08 Å². The maximum absolute atomic E-state index is 12.3. The van der Waals surface area contributed by atoms with Crippen molar-refractivity contribution < 1.29 is 4.57 Å². The largest absolute Gasteiger partial charge is 0.319 e. The van der Waals surface area contributed by atoms with Crippen LogP contribution in [-0.2, 0) is 4.57 Å². The van der Waals surface area contributed by atoms with E-state index in [-0.39, 0.29) is 0 Å². The predicted molar refractivity (Wildman–Crippen MR) is 61.9 cm³/mol. The van der Waals surface area contributed by atoms with Gasteiger partial charge in [0.05, 0.1) is 0 Å². The van der Waals surface area contributed by atoms with Gasteiger partial charge in [-0.2, -0.15) is 0 Å². The topological polar surface area (TPSA) is 17.1 Å². The van der Waals surface area contributed by atoms with Crippen molar-refractivity contribution in [1.82, 2.24) is 0 Å². The van der Waals surface area contributed by atoms with Crippen molar-refractivity contribution >= 4 is 7.14 Å². The Kier molecular flexibility index (Phi) is 6.07. The summed E-state index contributed by atoms with van der Waals surface area (Å²) >= 11 is 0. The van der Waals surface area contributed by atoms with Crippen molar-refractivity contribution in [2.24, 2.45) is 0 Å². The molecule has 1 nitrogen and oxygen atoms in total. The third-order valence-corrected chi connectivity index (χ3v) is 5.25. The first-order chi connectivity index (χ1) is 6.08. The Labute approximate surface area is 82.3 Å². The van der Waals surface area contributed by atoms with Gasteiger partial charge >= 0.3 is 0 Å². The molecule has 0 spiro atoms. The molecular formula is C11H21OP. The van der Waals surface area contributed by atoms with Crippen LogP contribution in [0.1, 0.15) is 33.6 Å². The quantitative estimate of drug-likeness (QED) is 0.462. The fourth-order valence-corrected chi connectivity index (χ4v) is 4.27. The van der Waals surface area contributed by atoms with Crippen LogP contribution in [0.3, 0.4) is 0 Å². The van der Waals surface area contributed by atoms with Crippen LogP contribution >= 0.6 is 7.14 Å². The van der Waals surface area contributed by atoms with Gasteiger partial charge in [0, 0.05) is 12.3 Å². The second-order valence-corrected chi connectivity index (χ2v) is 6.53. The number of hydrogen-bond donors (Lipinski definition) is 0. The van der Waals surface area contributed by atoms with E-state index < -0.39 is 7.14 Å². The van der Waals surface area contributed by atoms with Crippen LogP contribution in [0.5, 0.6) is 0 Å². The molecule has 13 heavy (non-hydrogen) atoms. The second kappa shape index (κ2) is 6.21. The standard InChI is InChI=1S/C11H21OP/c1-5-8-13(12,9-6-2)10-11(4)7-3/h7,10H,3,5-6,8-9H2,1-2,4H3. The fraction of sp³-hybridized carbons (Fsp3) is 0.636. The third kappa shape index (κ3) is 5.10. The highest BCUT2D eigenvalue weighted by atomic mass is 31.2. The van der Waals surface area contributed by atoms with Gasteiger partial charge in [0.2, 0.25) is 0 Å². The van der Waals surface area contributed by atoms with Gasteiger partial charge < -0.3 is 4.57 Å². The van der Waals surface area contributed by atoms with E-state index in [9.17, 15) is 4.57 Å². The highest BCUT2D eigenvalue weighted by Crippen LogP contribution is 2.49. The Morgan fingerprint density at radius 3 is 2.08 bits per heavy atom. The molecule has 0 rings (SSSR count). The zero-order chi connectivity index (χ0) is 10.3. The highest BCUT2D eigenvalue weighted by molar-refractivity contribution is 7.67. The van der Waals surface area contributed by atoms with Crippen LogP contribution in [-0.4, -0.2) is 12.3 Å². The van der Waals surface area contributed by atoms with E-state index in [4.69, 9.17) is 0 Å². The van der Waals surface area contributed by atoms with Crippen LogP contribution in [0, 0.1) is 0 Å². The van der Waals surface area contributed by atoms with Crippen molar-refractivity contribution in [2.45, 2.75) is 33.6 Å². The van der Waals surface area contributed by atoms with Gasteiger partial charge in [-0.25, -0.2) is 0 Å². The molecule has 2 heteroatoms. The lowest BCUT2D eigenvalue weighted by atomic mass is 10.4. The van der Waals surface area contributed by atoms with Gasteiger partial charge in [-0.05, 0) is 31.2 Å². The molecule has 76 valence electrons. The minimum Gasteiger partial charge on any atom is -0.319 e. The minimum atomic E-state index is -2.03. The van der Waals surface area contributed by atoms with E-state index in [2.05, 4.69) is 20.4 Å². The van der Waals surface area contributed by atoms with E-state index in [1.807, 2.05) is 12.7 Å². The number of allylic oxidation sites excluding steroid dienone is 2. The SMILES string of the molecule is C=CC(C)=CP(=O)(CCC)CCC. The van der Waals surface area contributed by atoms with Crippen LogP contribution in [0.2, 0.25) is 0 Å². The molecule has 0 bridgehead atoms. The molecular weight excluding hydrogens is 179 g/mol. The molecule has 0 aromatic carbocycles. The summed E-state index contributed by atoms with van der Waals surface area (Å²) < 4.78 is 12.3. The Bertz CT molecular complexity index is 218. The van der Waals surface area contributed by atoms with Gasteiger partial charge in [0.15, 0.2) is 0 Å². The van der Waals surface area contributed by atoms with E-state index in [0.29, 0.717) is 0 Å². The minimum absolute atomic E-state index is 0.839. The summed E-state index contributed by atoms with van der Waals surface area (Å²) in [6, 6.07) is 0. The van der Waals surface area contributed by atoms with Gasteiger partial charge in [-0.15, -0.1) is 0 Å². The lowest BCUT2D eigenvalue weighted by Crippen LogP contribution is -1.91. The van der Waals surface area contributed by atoms with Crippen LogP contribution < -0.4 is 0 Å². The summed E-state index contributed by atoms with van der Waals surface area (Å²) in [7, 11) is -2.03. The van der Waals surface area contributed by atoms with Crippen LogP contribution in [0.4, 0.5) is 0 Å². The molecule has 0 amide bonds. The van der Waals surface area contributed by atoms with E-state index in [0.717, 1.165) is 30.7 Å². The molecule has 0 heterocycles. The molecule has 0 unspecified atom stereocenters. The molecule has 0 aromatic rings. The van der Waals surface area contributed by atoms with Crippen molar-refractivity contribution in [3.63, 3.8) is 0 Å². The smallest absolute Gasteiger partial charge is 0.109 e. The van der Waals surface area contributed by atoms with Crippen molar-refractivity contribution in [3.05, 3.63) is 24.0 Å². The molecule has 0 saturated carbocycles. The molecule has 0 aliphatic rings. The number of rotatable bonds is 6. The molecule has 0 N–H and O–H groups in total. The molecule has 0 atom stereocenters. The molecule has 0 aromatic heterocycles. The zero-order valence-corrected chi connectivity index (χ0v) is 9.94. The predicted octanol–water partition coefficient (Wildman–Crippen LogP) is 4.26. The zero-order valence-electron chi connectivity index (χ0n) is 9.05. The third-order valence-electron chi connectivity index (χ3n) is 1.97. The van der Waals surface area contributed by atoms with E-state index >= 15 is 0 Å². The Morgan fingerprint density at radius 1 is 1.31 bits per heavy atom. The Balaban J connectivity index is 4.58. The molecule has 0 radical (unpaired) electrons. The second-order valence-electron chi connectivity index (χ2n) is 3.48. The maximum atomic E-state index is 12.3. The first kappa shape index (κ1) is 12.7. The highest BCUT2D eigenvalue weighted by Gasteiger charge is 2.15. The molecule has 0 saturated heterocycles. The van der Waals surface area contributed by atoms with Gasteiger partial charge in [-0.1, -0.05) is 26.5 Å². The van der Waals surface area contributed by atoms with Crippen molar-refractivity contribution in [1.29, 1.82) is 0 Å². The van der Waals surface area contributed by atoms with Gasteiger partial charge in [0.25, 0.3) is 0 Å². The first-order valence-electron chi connectivity index (χ1n) is 4.97. The van der Waals surface area contributed by atoms with Crippen molar-refractivity contribution in [2.75, 3.05) is 12.3 Å². The Morgan fingerprint density at radius 2 is 1.77 bits per heavy atom. The van der Waals surface area contributed by atoms with Crippen LogP contribution in [0.25, 0.3) is 0 Å². The summed E-state index contributed by atoms with van der Waals surface area (Å²) in [6.45, 7) is 9.80. The summed E-state index contributed by atoms with van der Waals surface area (Å²) in [5.41, 5.74) is 1.05. The molecule has 0 fully saturated rings. The van der Waals surface area contributed by atoms with Gasteiger partial charge in [-0.3, -0.25) is 0 Å². The normalized spacial score (nSPS) is 13.0. The van der Waals surface area contributed by atoms with Crippen molar-refractivity contribution in [3.8, 4) is 0 Å². The summed E-state index contributed by atoms with van der Waals surface area (Å²) in [6.07, 6.45) is 5.45. The fourth-order valence-electron chi connectivity index (χ4n) is 1.42. The van der Waals surface area contributed by atoms with Gasteiger partial charge in [0.1, 0.15) is 7.14 Å². The number of hydrogen-bond acceptors (Lipinski definition) is 1. The summed E-state index contributed by atoms with van der Waals surface area (Å²) in [5.74, 6) is 1.94. The molecule has 0 aliphatic heterocycles. The summed E-state index contributed by atoms with van der Waals surface area (Å²) in [4.78, 5) is 0. The average Bonchev–Trinajstić information content (AvgIpc) is 2.04. The van der Waals surface area contributed by atoms with Crippen LogP contribution in [0.15, 0.2) is 24.0 Å². The lowest BCUT2D eigenvalue weighted by Gasteiger charge is -2.12. The lowest BCUT2D eigenvalue weighted by molar-refractivity contribution is 0.578. The Hall–Kier alpha value is -0.290. The maximum Gasteiger partial charge on any atom is 0.109 e. The molecule has 0 aliphatic carbocycles. The average molecular weight is 200 g/mol. The van der Waals surface area contributed by atoms with E-state index in [1.165, 1.54) is 0 Å². The monoisotopic (exact) mass is 200 g/mol. The summed E-state index contributed by atoms with van der Waals surface area (Å²) in [5, 5.41) is 0.